The number of morpholine rings is 1. The molecule has 0 radical (unpaired) electrons. The number of pyridine rings is 1. The number of halogens is 3. The lowest BCUT2D eigenvalue weighted by Crippen LogP contribution is -2.41. The van der Waals surface area contributed by atoms with E-state index in [4.69, 9.17) is 4.74 Å². The van der Waals surface area contributed by atoms with Gasteiger partial charge in [-0.1, -0.05) is 0 Å². The van der Waals surface area contributed by atoms with Gasteiger partial charge in [0.25, 0.3) is 0 Å². The number of ether oxygens (including phenoxy) is 1. The number of nitrogens with zero attached hydrogens (tertiary/aromatic N) is 4. The molecule has 8 heteroatoms. The third-order valence-corrected chi connectivity index (χ3v) is 4.48. The maximum absolute atomic E-state index is 12.8. The molecule has 1 fully saturated rings. The molecule has 0 spiro atoms. The van der Waals surface area contributed by atoms with E-state index >= 15 is 0 Å². The minimum Gasteiger partial charge on any atom is -0.375 e. The van der Waals surface area contributed by atoms with Crippen LogP contribution in [0.5, 0.6) is 0 Å². The first-order valence-corrected chi connectivity index (χ1v) is 8.38. The zero-order valence-corrected chi connectivity index (χ0v) is 14.4. The average molecular weight is 362 g/mol. The van der Waals surface area contributed by atoms with Crippen LogP contribution in [0.2, 0.25) is 0 Å². The molecule has 1 saturated heterocycles. The van der Waals surface area contributed by atoms with E-state index in [1.165, 1.54) is 0 Å². The minimum atomic E-state index is -4.35. The number of hydrogen-bond donors (Lipinski definition) is 0. The first kappa shape index (κ1) is 17.0. The van der Waals surface area contributed by atoms with Gasteiger partial charge >= 0.3 is 6.18 Å². The molecule has 1 aliphatic carbocycles. The molecule has 1 atom stereocenters. The van der Waals surface area contributed by atoms with Gasteiger partial charge in [-0.2, -0.15) is 13.2 Å². The fourth-order valence-electron chi connectivity index (χ4n) is 3.15. The van der Waals surface area contributed by atoms with Crippen LogP contribution in [0.25, 0.3) is 16.6 Å². The predicted octanol–water partition coefficient (Wildman–Crippen LogP) is 3.43. The van der Waals surface area contributed by atoms with Crippen LogP contribution < -0.4 is 4.90 Å². The van der Waals surface area contributed by atoms with Crippen molar-refractivity contribution in [2.75, 3.05) is 24.6 Å². The second-order valence-electron chi connectivity index (χ2n) is 6.59. The highest BCUT2D eigenvalue weighted by molar-refractivity contribution is 5.90. The summed E-state index contributed by atoms with van der Waals surface area (Å²) in [6, 6.07) is 1.84. The van der Waals surface area contributed by atoms with Crippen LogP contribution in [0.15, 0.2) is 23.6 Å². The number of allylic oxidation sites excluding steroid dienone is 1. The van der Waals surface area contributed by atoms with Crippen molar-refractivity contribution >= 4 is 22.4 Å². The maximum Gasteiger partial charge on any atom is 0.420 e. The zero-order valence-electron chi connectivity index (χ0n) is 14.4. The number of rotatable bonds is 2. The standard InChI is InChI=1S/C18H17F3N4O/c1-10-8-22-17-14(23-10)7-15(25-3-4-26-11(2)9-25)24-16(17)12-5-13(6-12)18(19,20)21/h7-8,11H,3-5,9H2,1-2H3/t11-/m1/s1. The van der Waals surface area contributed by atoms with E-state index in [-0.39, 0.29) is 12.5 Å². The summed E-state index contributed by atoms with van der Waals surface area (Å²) >= 11 is 0. The summed E-state index contributed by atoms with van der Waals surface area (Å²) < 4.78 is 43.9. The summed E-state index contributed by atoms with van der Waals surface area (Å²) in [6.07, 6.45) is -2.89. The highest BCUT2D eigenvalue weighted by Gasteiger charge is 2.38. The number of hydrogen-bond acceptors (Lipinski definition) is 5. The van der Waals surface area contributed by atoms with Gasteiger partial charge in [0.05, 0.1) is 29.5 Å². The Bertz CT molecular complexity index is 947. The summed E-state index contributed by atoms with van der Waals surface area (Å²) in [5.41, 5.74) is 4.47. The summed E-state index contributed by atoms with van der Waals surface area (Å²) in [5.74, 6) is 0.678. The maximum atomic E-state index is 12.8. The lowest BCUT2D eigenvalue weighted by molar-refractivity contribution is -0.0934. The van der Waals surface area contributed by atoms with Crippen LogP contribution >= 0.6 is 0 Å². The largest absolute Gasteiger partial charge is 0.420 e. The van der Waals surface area contributed by atoms with Crippen molar-refractivity contribution in [1.29, 1.82) is 0 Å². The van der Waals surface area contributed by atoms with Crippen LogP contribution in [-0.4, -0.2) is 46.9 Å². The van der Waals surface area contributed by atoms with E-state index in [0.29, 0.717) is 47.8 Å². The van der Waals surface area contributed by atoms with Gasteiger partial charge in [0.15, 0.2) is 0 Å². The SMILES string of the molecule is Cc1cnc2c(C3=C=C(C(F)(F)F)C3)nc(N3CCO[C@H](C)C3)cc2n1. The molecule has 136 valence electrons. The Morgan fingerprint density at radius 3 is 2.77 bits per heavy atom. The van der Waals surface area contributed by atoms with E-state index < -0.39 is 11.7 Å². The Hall–Kier alpha value is -2.44. The molecule has 0 aromatic carbocycles. The molecular formula is C18H17F3N4O. The molecule has 2 aliphatic rings. The molecule has 4 rings (SSSR count). The van der Waals surface area contributed by atoms with E-state index in [1.807, 2.05) is 19.9 Å². The van der Waals surface area contributed by atoms with Crippen molar-refractivity contribution in [2.24, 2.45) is 0 Å². The Morgan fingerprint density at radius 1 is 1.31 bits per heavy atom. The van der Waals surface area contributed by atoms with Gasteiger partial charge in [0, 0.05) is 37.3 Å². The van der Waals surface area contributed by atoms with Gasteiger partial charge in [0.2, 0.25) is 0 Å². The van der Waals surface area contributed by atoms with Gasteiger partial charge < -0.3 is 9.64 Å². The number of aryl methyl sites for hydroxylation is 1. The highest BCUT2D eigenvalue weighted by atomic mass is 19.4. The number of anilines is 1. The molecule has 0 bridgehead atoms. The fourth-order valence-corrected chi connectivity index (χ4v) is 3.15. The smallest absolute Gasteiger partial charge is 0.375 e. The normalized spacial score (nSPS) is 20.7. The molecule has 26 heavy (non-hydrogen) atoms. The second kappa shape index (κ2) is 6.07. The van der Waals surface area contributed by atoms with E-state index in [1.54, 1.807) is 6.20 Å². The molecule has 0 N–H and O–H groups in total. The topological polar surface area (TPSA) is 51.1 Å². The molecule has 3 heterocycles. The lowest BCUT2D eigenvalue weighted by Gasteiger charge is -2.32. The van der Waals surface area contributed by atoms with Gasteiger partial charge in [0.1, 0.15) is 17.0 Å². The van der Waals surface area contributed by atoms with E-state index in [0.717, 1.165) is 5.69 Å². The number of fused-ring (bicyclic) bond motifs is 1. The van der Waals surface area contributed by atoms with Crippen molar-refractivity contribution < 1.29 is 17.9 Å². The Labute approximate surface area is 148 Å². The van der Waals surface area contributed by atoms with Gasteiger partial charge in [-0.15, -0.1) is 5.73 Å². The lowest BCUT2D eigenvalue weighted by atomic mass is 9.93. The molecular weight excluding hydrogens is 345 g/mol. The van der Waals surface area contributed by atoms with Crippen LogP contribution in [-0.2, 0) is 4.74 Å². The monoisotopic (exact) mass is 362 g/mol. The molecule has 5 nitrogen and oxygen atoms in total. The predicted molar refractivity (Wildman–Crippen MR) is 90.8 cm³/mol. The van der Waals surface area contributed by atoms with Crippen molar-refractivity contribution in [2.45, 2.75) is 32.5 Å². The molecule has 0 saturated carbocycles. The first-order chi connectivity index (χ1) is 12.3. The zero-order chi connectivity index (χ0) is 18.5. The quantitative estimate of drug-likeness (QED) is 0.766. The van der Waals surface area contributed by atoms with Gasteiger partial charge in [-0.3, -0.25) is 4.98 Å². The average Bonchev–Trinajstić information content (AvgIpc) is 2.51. The van der Waals surface area contributed by atoms with E-state index in [9.17, 15) is 13.2 Å². The van der Waals surface area contributed by atoms with Crippen LogP contribution in [0.1, 0.15) is 24.7 Å². The summed E-state index contributed by atoms with van der Waals surface area (Å²) in [5, 5.41) is 0. The van der Waals surface area contributed by atoms with Crippen molar-refractivity contribution in [3.05, 3.63) is 35.0 Å². The number of alkyl halides is 3. The second-order valence-corrected chi connectivity index (χ2v) is 6.59. The van der Waals surface area contributed by atoms with Crippen molar-refractivity contribution in [1.82, 2.24) is 15.0 Å². The van der Waals surface area contributed by atoms with E-state index in [2.05, 4.69) is 25.6 Å². The van der Waals surface area contributed by atoms with Crippen LogP contribution in [0.3, 0.4) is 0 Å². The fraction of sp³-hybridized carbons (Fsp3) is 0.444. The van der Waals surface area contributed by atoms with Gasteiger partial charge in [-0.25, -0.2) is 9.97 Å². The van der Waals surface area contributed by atoms with Crippen LogP contribution in [0.4, 0.5) is 19.0 Å². The summed E-state index contributed by atoms with van der Waals surface area (Å²) in [4.78, 5) is 15.5. The Balaban J connectivity index is 1.85. The van der Waals surface area contributed by atoms with Gasteiger partial charge in [-0.05, 0) is 13.8 Å². The molecule has 0 unspecified atom stereocenters. The Kier molecular flexibility index (Phi) is 3.97. The van der Waals surface area contributed by atoms with Crippen LogP contribution in [0, 0.1) is 6.92 Å². The highest BCUT2D eigenvalue weighted by Crippen LogP contribution is 2.40. The summed E-state index contributed by atoms with van der Waals surface area (Å²) in [6.45, 7) is 5.72. The Morgan fingerprint density at radius 2 is 2.08 bits per heavy atom. The molecule has 2 aromatic rings. The first-order valence-electron chi connectivity index (χ1n) is 8.38. The minimum absolute atomic E-state index is 0.0629. The summed E-state index contributed by atoms with van der Waals surface area (Å²) in [7, 11) is 0. The third kappa shape index (κ3) is 3.06. The van der Waals surface area contributed by atoms with Crippen molar-refractivity contribution in [3.63, 3.8) is 0 Å². The molecule has 2 aromatic heterocycles. The third-order valence-electron chi connectivity index (χ3n) is 4.48. The van der Waals surface area contributed by atoms with Crippen molar-refractivity contribution in [3.8, 4) is 0 Å². The molecule has 0 amide bonds. The molecule has 1 aliphatic heterocycles. The number of aromatic nitrogens is 3.